The molecule has 1 aromatic carbocycles. The second-order valence-electron chi connectivity index (χ2n) is 6.41. The summed E-state index contributed by atoms with van der Waals surface area (Å²) >= 11 is 5.99. The monoisotopic (exact) mass is 423 g/mol. The van der Waals surface area contributed by atoms with E-state index < -0.39 is 17.2 Å². The lowest BCUT2D eigenvalue weighted by Crippen LogP contribution is -2.41. The number of ether oxygens (including phenoxy) is 1. The molecule has 0 aliphatic rings. The molecule has 2 rings (SSSR count). The first-order valence-electron chi connectivity index (χ1n) is 9.33. The maximum atomic E-state index is 12.6. The van der Waals surface area contributed by atoms with E-state index in [2.05, 4.69) is 10.3 Å². The van der Waals surface area contributed by atoms with E-state index in [1.165, 1.54) is 16.6 Å². The zero-order valence-electron chi connectivity index (χ0n) is 16.8. The molecule has 0 aliphatic carbocycles. The summed E-state index contributed by atoms with van der Waals surface area (Å²) in [6, 6.07) is 4.86. The van der Waals surface area contributed by atoms with E-state index in [1.807, 2.05) is 6.92 Å². The molecule has 0 atom stereocenters. The average molecular weight is 424 g/mol. The molecule has 29 heavy (non-hydrogen) atoms. The summed E-state index contributed by atoms with van der Waals surface area (Å²) in [5, 5.41) is 3.17. The van der Waals surface area contributed by atoms with Crippen molar-refractivity contribution in [3.05, 3.63) is 44.1 Å². The lowest BCUT2D eigenvalue weighted by Gasteiger charge is -2.24. The van der Waals surface area contributed by atoms with E-state index in [1.54, 1.807) is 25.1 Å². The Morgan fingerprint density at radius 2 is 2.07 bits per heavy atom. The van der Waals surface area contributed by atoms with Crippen LogP contribution in [0.1, 0.15) is 26.7 Å². The number of anilines is 3. The van der Waals surface area contributed by atoms with Crippen LogP contribution in [-0.4, -0.2) is 35.7 Å². The van der Waals surface area contributed by atoms with Crippen LogP contribution in [0.2, 0.25) is 5.02 Å². The molecule has 0 radical (unpaired) electrons. The molecule has 0 bridgehead atoms. The van der Waals surface area contributed by atoms with Crippen molar-refractivity contribution in [3.63, 3.8) is 0 Å². The summed E-state index contributed by atoms with van der Waals surface area (Å²) in [6.07, 6.45) is 1.60. The summed E-state index contributed by atoms with van der Waals surface area (Å²) in [6.45, 7) is 4.34. The SMILES string of the molecule is CCCCn1c(N)c(N(CC)CC(=O)Nc2cc(Cl)ccc2OC)c(=O)[nH]c1=O. The number of carbonyl (C=O) groups is 1. The van der Waals surface area contributed by atoms with Gasteiger partial charge in [0, 0.05) is 18.1 Å². The number of amides is 1. The van der Waals surface area contributed by atoms with Crippen LogP contribution < -0.4 is 31.9 Å². The third-order valence-corrected chi connectivity index (χ3v) is 4.65. The minimum atomic E-state index is -0.629. The molecule has 0 unspecified atom stereocenters. The first kappa shape index (κ1) is 22.4. The van der Waals surface area contributed by atoms with E-state index >= 15 is 0 Å². The summed E-state index contributed by atoms with van der Waals surface area (Å²) in [7, 11) is 1.48. The molecule has 2 aromatic rings. The number of rotatable bonds is 9. The van der Waals surface area contributed by atoms with Crippen molar-refractivity contribution in [1.29, 1.82) is 0 Å². The quantitative estimate of drug-likeness (QED) is 0.567. The smallest absolute Gasteiger partial charge is 0.330 e. The number of nitrogens with two attached hydrogens (primary N) is 1. The van der Waals surface area contributed by atoms with Gasteiger partial charge in [-0.3, -0.25) is 19.1 Å². The lowest BCUT2D eigenvalue weighted by molar-refractivity contribution is -0.115. The first-order valence-corrected chi connectivity index (χ1v) is 9.71. The van der Waals surface area contributed by atoms with E-state index in [-0.39, 0.29) is 18.1 Å². The molecule has 1 heterocycles. The van der Waals surface area contributed by atoms with Gasteiger partial charge in [-0.25, -0.2) is 4.79 Å². The van der Waals surface area contributed by atoms with Gasteiger partial charge < -0.3 is 20.7 Å². The molecule has 9 nitrogen and oxygen atoms in total. The van der Waals surface area contributed by atoms with Gasteiger partial charge >= 0.3 is 5.69 Å². The Bertz CT molecular complexity index is 986. The average Bonchev–Trinajstić information content (AvgIpc) is 2.67. The van der Waals surface area contributed by atoms with Crippen molar-refractivity contribution in [1.82, 2.24) is 9.55 Å². The topological polar surface area (TPSA) is 122 Å². The Labute approximate surface area is 173 Å². The van der Waals surface area contributed by atoms with Crippen LogP contribution in [0.3, 0.4) is 0 Å². The number of H-pyrrole nitrogens is 1. The number of unbranched alkanes of at least 4 members (excludes halogenated alkanes) is 1. The molecule has 158 valence electrons. The van der Waals surface area contributed by atoms with Gasteiger partial charge in [0.1, 0.15) is 17.3 Å². The van der Waals surface area contributed by atoms with Crippen LogP contribution >= 0.6 is 11.6 Å². The maximum absolute atomic E-state index is 12.6. The lowest BCUT2D eigenvalue weighted by atomic mass is 10.2. The van der Waals surface area contributed by atoms with Gasteiger partial charge in [-0.2, -0.15) is 0 Å². The molecule has 0 fully saturated rings. The van der Waals surface area contributed by atoms with E-state index in [9.17, 15) is 14.4 Å². The predicted molar refractivity (Wildman–Crippen MR) is 115 cm³/mol. The fourth-order valence-corrected chi connectivity index (χ4v) is 3.08. The number of aromatic nitrogens is 2. The Hall–Kier alpha value is -2.94. The number of halogens is 1. The highest BCUT2D eigenvalue weighted by molar-refractivity contribution is 6.31. The number of carbonyl (C=O) groups excluding carboxylic acids is 1. The van der Waals surface area contributed by atoms with Crippen LogP contribution in [0.4, 0.5) is 17.2 Å². The maximum Gasteiger partial charge on any atom is 0.330 e. The van der Waals surface area contributed by atoms with Crippen molar-refractivity contribution < 1.29 is 9.53 Å². The molecule has 0 aliphatic heterocycles. The third kappa shape index (κ3) is 5.32. The molecular weight excluding hydrogens is 398 g/mol. The second kappa shape index (κ2) is 10.0. The largest absolute Gasteiger partial charge is 0.495 e. The van der Waals surface area contributed by atoms with E-state index in [0.29, 0.717) is 29.5 Å². The zero-order valence-corrected chi connectivity index (χ0v) is 17.5. The fourth-order valence-electron chi connectivity index (χ4n) is 2.91. The Morgan fingerprint density at radius 1 is 1.34 bits per heavy atom. The molecule has 10 heteroatoms. The van der Waals surface area contributed by atoms with Crippen LogP contribution in [0.25, 0.3) is 0 Å². The van der Waals surface area contributed by atoms with Gasteiger partial charge in [-0.1, -0.05) is 24.9 Å². The van der Waals surface area contributed by atoms with Gasteiger partial charge in [-0.15, -0.1) is 0 Å². The number of hydrogen-bond acceptors (Lipinski definition) is 6. The fraction of sp³-hybridized carbons (Fsp3) is 0.421. The first-order chi connectivity index (χ1) is 13.8. The van der Waals surface area contributed by atoms with Crippen molar-refractivity contribution >= 4 is 34.7 Å². The highest BCUT2D eigenvalue weighted by Gasteiger charge is 2.20. The van der Waals surface area contributed by atoms with E-state index in [0.717, 1.165) is 12.8 Å². The summed E-state index contributed by atoms with van der Waals surface area (Å²) < 4.78 is 6.54. The minimum absolute atomic E-state index is 0.0437. The number of nitrogens with zero attached hydrogens (tertiary/aromatic N) is 2. The number of nitrogens with one attached hydrogen (secondary N) is 2. The Kier molecular flexibility index (Phi) is 7.72. The number of nitrogen functional groups attached to an aromatic ring is 1. The number of benzene rings is 1. The van der Waals surface area contributed by atoms with Crippen molar-refractivity contribution in [3.8, 4) is 5.75 Å². The van der Waals surface area contributed by atoms with Gasteiger partial charge in [0.25, 0.3) is 5.56 Å². The number of methoxy groups -OCH3 is 1. The predicted octanol–water partition coefficient (Wildman–Crippen LogP) is 2.05. The van der Waals surface area contributed by atoms with Crippen molar-refractivity contribution in [2.75, 3.05) is 36.1 Å². The molecule has 1 aromatic heterocycles. The van der Waals surface area contributed by atoms with Crippen LogP contribution in [-0.2, 0) is 11.3 Å². The third-order valence-electron chi connectivity index (χ3n) is 4.42. The number of hydrogen-bond donors (Lipinski definition) is 3. The Morgan fingerprint density at radius 3 is 2.69 bits per heavy atom. The van der Waals surface area contributed by atoms with Crippen LogP contribution in [0.5, 0.6) is 5.75 Å². The van der Waals surface area contributed by atoms with Gasteiger partial charge in [-0.05, 0) is 31.5 Å². The highest BCUT2D eigenvalue weighted by Crippen LogP contribution is 2.27. The molecule has 0 saturated carbocycles. The molecule has 0 saturated heterocycles. The zero-order chi connectivity index (χ0) is 21.6. The standard InChI is InChI=1S/C19H26ClN5O4/c1-4-6-9-25-17(21)16(18(27)23-19(25)28)24(5-2)11-15(26)22-13-10-12(20)7-8-14(13)29-3/h7-8,10H,4-6,9,11,21H2,1-3H3,(H,22,26)(H,23,27,28). The normalized spacial score (nSPS) is 10.6. The molecule has 1 amide bonds. The van der Waals surface area contributed by atoms with E-state index in [4.69, 9.17) is 22.1 Å². The Balaban J connectivity index is 2.30. The van der Waals surface area contributed by atoms with Gasteiger partial charge in [0.05, 0.1) is 19.3 Å². The summed E-state index contributed by atoms with van der Waals surface area (Å²) in [5.74, 6) is 0.107. The van der Waals surface area contributed by atoms with Gasteiger partial charge in [0.15, 0.2) is 0 Å². The van der Waals surface area contributed by atoms with Crippen molar-refractivity contribution in [2.45, 2.75) is 33.2 Å². The highest BCUT2D eigenvalue weighted by atomic mass is 35.5. The summed E-state index contributed by atoms with van der Waals surface area (Å²) in [4.78, 5) is 40.9. The van der Waals surface area contributed by atoms with Crippen molar-refractivity contribution in [2.24, 2.45) is 0 Å². The van der Waals surface area contributed by atoms with Crippen LogP contribution in [0, 0.1) is 0 Å². The van der Waals surface area contributed by atoms with Gasteiger partial charge in [0.2, 0.25) is 5.91 Å². The van der Waals surface area contributed by atoms with Crippen LogP contribution in [0.15, 0.2) is 27.8 Å². The second-order valence-corrected chi connectivity index (χ2v) is 6.84. The molecule has 0 spiro atoms. The minimum Gasteiger partial charge on any atom is -0.495 e. The number of aromatic amines is 1. The number of likely N-dealkylation sites (N-methyl/N-ethyl adjacent to an activating group) is 1. The molecular formula is C19H26ClN5O4. The molecule has 4 N–H and O–H groups in total. The summed E-state index contributed by atoms with van der Waals surface area (Å²) in [5.41, 5.74) is 5.44.